The Morgan fingerprint density at radius 1 is 0.870 bits per heavy atom. The predicted molar refractivity (Wildman–Crippen MR) is 98.9 cm³/mol. The molecular weight excluding hydrogens is 280 g/mol. The zero-order valence-electron chi connectivity index (χ0n) is 14.0. The molecule has 2 heteroatoms. The first-order chi connectivity index (χ1) is 11.4. The van der Waals surface area contributed by atoms with E-state index < -0.39 is 0 Å². The van der Waals surface area contributed by atoms with Crippen LogP contribution in [-0.4, -0.2) is 31.1 Å². The monoisotopic (exact) mass is 308 g/mol. The van der Waals surface area contributed by atoms with Crippen molar-refractivity contribution in [2.24, 2.45) is 5.92 Å². The lowest BCUT2D eigenvalue weighted by molar-refractivity contribution is 0.183. The second-order valence-corrected chi connectivity index (χ2v) is 6.60. The predicted octanol–water partition coefficient (Wildman–Crippen LogP) is 4.44. The molecule has 0 saturated carbocycles. The van der Waals surface area contributed by atoms with E-state index in [0.29, 0.717) is 0 Å². The minimum absolute atomic E-state index is 0.888. The van der Waals surface area contributed by atoms with Gasteiger partial charge in [0, 0.05) is 18.8 Å². The molecule has 0 atom stereocenters. The van der Waals surface area contributed by atoms with Crippen molar-refractivity contribution in [3.63, 3.8) is 0 Å². The molecule has 0 amide bonds. The Morgan fingerprint density at radius 2 is 1.52 bits per heavy atom. The lowest BCUT2D eigenvalue weighted by Crippen LogP contribution is -2.35. The maximum absolute atomic E-state index is 3.54. The van der Waals surface area contributed by atoms with Gasteiger partial charge in [-0.3, -0.25) is 0 Å². The van der Waals surface area contributed by atoms with Crippen LogP contribution < -0.4 is 5.32 Å². The van der Waals surface area contributed by atoms with E-state index in [1.807, 2.05) is 0 Å². The van der Waals surface area contributed by atoms with Crippen molar-refractivity contribution < 1.29 is 0 Å². The lowest BCUT2D eigenvalue weighted by atomic mass is 9.93. The maximum Gasteiger partial charge on any atom is 0.0340 e. The van der Waals surface area contributed by atoms with Crippen LogP contribution in [0.1, 0.15) is 24.8 Å². The highest BCUT2D eigenvalue weighted by molar-refractivity contribution is 5.42. The number of para-hydroxylation sites is 1. The number of rotatable bonds is 7. The molecule has 0 aliphatic carbocycles. The summed E-state index contributed by atoms with van der Waals surface area (Å²) in [4.78, 5) is 2.63. The van der Waals surface area contributed by atoms with Crippen molar-refractivity contribution in [1.82, 2.24) is 4.90 Å². The Morgan fingerprint density at radius 3 is 2.22 bits per heavy atom. The third-order valence-corrected chi connectivity index (χ3v) is 4.92. The standard InChI is InChI=1S/C21H28N2/c1-3-7-19(8-4-1)12-16-23-17-13-20(14-18-23)11-15-22-21-9-5-2-6-10-21/h1-10,20,22H,11-18H2. The molecule has 1 aliphatic heterocycles. The molecule has 2 nitrogen and oxygen atoms in total. The van der Waals surface area contributed by atoms with E-state index in [9.17, 15) is 0 Å². The van der Waals surface area contributed by atoms with Crippen LogP contribution in [0.15, 0.2) is 60.7 Å². The summed E-state index contributed by atoms with van der Waals surface area (Å²) in [5.41, 5.74) is 2.70. The Hall–Kier alpha value is -1.80. The van der Waals surface area contributed by atoms with Gasteiger partial charge >= 0.3 is 0 Å². The van der Waals surface area contributed by atoms with Crippen molar-refractivity contribution in [3.8, 4) is 0 Å². The summed E-state index contributed by atoms with van der Waals surface area (Å²) < 4.78 is 0. The van der Waals surface area contributed by atoms with Gasteiger partial charge in [-0.25, -0.2) is 0 Å². The molecular formula is C21H28N2. The van der Waals surface area contributed by atoms with Crippen LogP contribution in [0.25, 0.3) is 0 Å². The summed E-state index contributed by atoms with van der Waals surface area (Å²) in [6, 6.07) is 21.4. The van der Waals surface area contributed by atoms with Crippen LogP contribution >= 0.6 is 0 Å². The van der Waals surface area contributed by atoms with Crippen LogP contribution in [-0.2, 0) is 6.42 Å². The largest absolute Gasteiger partial charge is 0.385 e. The first-order valence-corrected chi connectivity index (χ1v) is 8.95. The van der Waals surface area contributed by atoms with Crippen molar-refractivity contribution in [2.45, 2.75) is 25.7 Å². The fourth-order valence-corrected chi connectivity index (χ4v) is 3.41. The SMILES string of the molecule is c1ccc(CCN2CCC(CCNc3ccccc3)CC2)cc1. The third kappa shape index (κ3) is 5.40. The zero-order valence-corrected chi connectivity index (χ0v) is 14.0. The number of anilines is 1. The van der Waals surface area contributed by atoms with Gasteiger partial charge < -0.3 is 10.2 Å². The molecule has 2 aromatic rings. The number of benzene rings is 2. The summed E-state index contributed by atoms with van der Waals surface area (Å²) in [5, 5.41) is 3.54. The minimum Gasteiger partial charge on any atom is -0.385 e. The molecule has 1 saturated heterocycles. The Bertz CT molecular complexity index is 545. The highest BCUT2D eigenvalue weighted by Crippen LogP contribution is 2.21. The number of hydrogen-bond acceptors (Lipinski definition) is 2. The number of hydrogen-bond donors (Lipinski definition) is 1. The smallest absolute Gasteiger partial charge is 0.0340 e. The van der Waals surface area contributed by atoms with Crippen LogP contribution in [0.3, 0.4) is 0 Å². The van der Waals surface area contributed by atoms with E-state index in [1.165, 1.54) is 56.6 Å². The van der Waals surface area contributed by atoms with E-state index in [1.54, 1.807) is 0 Å². The van der Waals surface area contributed by atoms with Crippen molar-refractivity contribution in [1.29, 1.82) is 0 Å². The Kier molecular flexibility index (Phi) is 6.10. The highest BCUT2D eigenvalue weighted by Gasteiger charge is 2.18. The van der Waals surface area contributed by atoms with E-state index in [4.69, 9.17) is 0 Å². The van der Waals surface area contributed by atoms with E-state index in [-0.39, 0.29) is 0 Å². The molecule has 1 N–H and O–H groups in total. The molecule has 0 spiro atoms. The summed E-state index contributed by atoms with van der Waals surface area (Å²) in [6.07, 6.45) is 5.18. The molecule has 1 aliphatic rings. The molecule has 23 heavy (non-hydrogen) atoms. The number of likely N-dealkylation sites (tertiary alicyclic amines) is 1. The third-order valence-electron chi connectivity index (χ3n) is 4.92. The molecule has 3 rings (SSSR count). The molecule has 0 unspecified atom stereocenters. The van der Waals surface area contributed by atoms with Crippen LogP contribution in [0.4, 0.5) is 5.69 Å². The molecule has 2 aromatic carbocycles. The van der Waals surface area contributed by atoms with Gasteiger partial charge in [-0.15, -0.1) is 0 Å². The minimum atomic E-state index is 0.888. The highest BCUT2D eigenvalue weighted by atomic mass is 15.1. The van der Waals surface area contributed by atoms with Crippen molar-refractivity contribution in [3.05, 3.63) is 66.2 Å². The fraction of sp³-hybridized carbons (Fsp3) is 0.429. The topological polar surface area (TPSA) is 15.3 Å². The first-order valence-electron chi connectivity index (χ1n) is 8.95. The summed E-state index contributed by atoms with van der Waals surface area (Å²) in [6.45, 7) is 4.84. The van der Waals surface area contributed by atoms with Gasteiger partial charge in [-0.05, 0) is 62.4 Å². The number of nitrogens with one attached hydrogen (secondary N) is 1. The van der Waals surface area contributed by atoms with Gasteiger partial charge in [-0.1, -0.05) is 48.5 Å². The average Bonchev–Trinajstić information content (AvgIpc) is 2.63. The fourth-order valence-electron chi connectivity index (χ4n) is 3.41. The van der Waals surface area contributed by atoms with Crippen molar-refractivity contribution >= 4 is 5.69 Å². The molecule has 0 bridgehead atoms. The first kappa shape index (κ1) is 16.1. The molecule has 1 fully saturated rings. The maximum atomic E-state index is 3.54. The van der Waals surface area contributed by atoms with Crippen LogP contribution in [0.5, 0.6) is 0 Å². The quantitative estimate of drug-likeness (QED) is 0.813. The Labute approximate surface area is 140 Å². The van der Waals surface area contributed by atoms with E-state index in [0.717, 1.165) is 12.5 Å². The summed E-state index contributed by atoms with van der Waals surface area (Å²) in [7, 11) is 0. The van der Waals surface area contributed by atoms with Gasteiger partial charge in [0.1, 0.15) is 0 Å². The van der Waals surface area contributed by atoms with Crippen molar-refractivity contribution in [2.75, 3.05) is 31.5 Å². The van der Waals surface area contributed by atoms with Crippen LogP contribution in [0.2, 0.25) is 0 Å². The summed E-state index contributed by atoms with van der Waals surface area (Å²) >= 11 is 0. The van der Waals surface area contributed by atoms with Gasteiger partial charge in [-0.2, -0.15) is 0 Å². The molecule has 0 radical (unpaired) electrons. The number of nitrogens with zero attached hydrogens (tertiary/aromatic N) is 1. The van der Waals surface area contributed by atoms with E-state index >= 15 is 0 Å². The average molecular weight is 308 g/mol. The van der Waals surface area contributed by atoms with Gasteiger partial charge in [0.2, 0.25) is 0 Å². The molecule has 1 heterocycles. The Balaban J connectivity index is 1.31. The lowest BCUT2D eigenvalue weighted by Gasteiger charge is -2.32. The zero-order chi connectivity index (χ0) is 15.7. The van der Waals surface area contributed by atoms with E-state index in [2.05, 4.69) is 70.9 Å². The number of piperidine rings is 1. The normalized spacial score (nSPS) is 16.3. The second-order valence-electron chi connectivity index (χ2n) is 6.60. The van der Waals surface area contributed by atoms with Gasteiger partial charge in [0.05, 0.1) is 0 Å². The van der Waals surface area contributed by atoms with Gasteiger partial charge in [0.25, 0.3) is 0 Å². The summed E-state index contributed by atoms with van der Waals surface area (Å²) in [5.74, 6) is 0.888. The molecule has 0 aromatic heterocycles. The molecule has 122 valence electrons. The van der Waals surface area contributed by atoms with Gasteiger partial charge in [0.15, 0.2) is 0 Å². The van der Waals surface area contributed by atoms with Crippen LogP contribution in [0, 0.1) is 5.92 Å². The second kappa shape index (κ2) is 8.73.